The molecule has 0 fully saturated rings. The molecule has 3 aromatic carbocycles. The fourth-order valence-corrected chi connectivity index (χ4v) is 4.68. The maximum Gasteiger partial charge on any atom is 0.414 e. The van der Waals surface area contributed by atoms with Gasteiger partial charge in [0.05, 0.1) is 17.2 Å². The number of benzene rings is 3. The zero-order valence-electron chi connectivity index (χ0n) is 26.0. The summed E-state index contributed by atoms with van der Waals surface area (Å²) in [5, 5.41) is 10.2. The summed E-state index contributed by atoms with van der Waals surface area (Å²) in [6, 6.07) is 25.1. The second-order valence-electron chi connectivity index (χ2n) is 12.4. The van der Waals surface area contributed by atoms with Gasteiger partial charge in [0.2, 0.25) is 5.96 Å². The van der Waals surface area contributed by atoms with Gasteiger partial charge in [-0.25, -0.2) is 14.6 Å². The van der Waals surface area contributed by atoms with Crippen LogP contribution in [0.2, 0.25) is 5.02 Å². The van der Waals surface area contributed by atoms with Crippen LogP contribution in [0.15, 0.2) is 83.9 Å². The van der Waals surface area contributed by atoms with Crippen LogP contribution >= 0.6 is 11.6 Å². The van der Waals surface area contributed by atoms with Gasteiger partial charge in [0.1, 0.15) is 11.2 Å². The molecule has 1 heterocycles. The number of hydrogen-bond acceptors (Lipinski definition) is 6. The Bertz CT molecular complexity index is 1570. The molecule has 4 rings (SSSR count). The minimum Gasteiger partial charge on any atom is -0.444 e. The average Bonchev–Trinajstić information content (AvgIpc) is 3.34. The number of nitrogens with zero attached hydrogens (tertiary/aromatic N) is 1. The predicted octanol–water partition coefficient (Wildman–Crippen LogP) is 8.12. The van der Waals surface area contributed by atoms with Gasteiger partial charge in [0.25, 0.3) is 0 Å². The van der Waals surface area contributed by atoms with Crippen LogP contribution in [0.4, 0.5) is 15.3 Å². The van der Waals surface area contributed by atoms with Gasteiger partial charge in [-0.3, -0.25) is 10.6 Å². The van der Waals surface area contributed by atoms with E-state index in [1.54, 1.807) is 41.5 Å². The lowest BCUT2D eigenvalue weighted by Gasteiger charge is -2.23. The molecule has 10 heteroatoms. The lowest BCUT2D eigenvalue weighted by atomic mass is 10.0. The number of guanidine groups is 1. The van der Waals surface area contributed by atoms with E-state index in [1.165, 1.54) is 0 Å². The summed E-state index contributed by atoms with van der Waals surface area (Å²) in [6.07, 6.45) is -1.06. The van der Waals surface area contributed by atoms with Crippen molar-refractivity contribution in [2.45, 2.75) is 71.8 Å². The van der Waals surface area contributed by atoms with Crippen molar-refractivity contribution in [3.8, 4) is 0 Å². The zero-order valence-corrected chi connectivity index (χ0v) is 26.7. The summed E-state index contributed by atoms with van der Waals surface area (Å²) in [5.74, 6) is -0.103. The van der Waals surface area contributed by atoms with Crippen molar-refractivity contribution in [1.82, 2.24) is 15.6 Å². The third-order valence-corrected chi connectivity index (χ3v) is 6.41. The standard InChI is InChI=1S/C34H40ClN5O4/c1-33(2,3)43-31(41)39-30(40-32(42)44-34(4,5)6)38-26(17-22-13-9-7-10-14-22)27-19-24-18-25(35)20-28(29(24)37-27)36-21-23-15-11-8-12-16-23/h7-16,18-20,26,36-37H,17,21H2,1-6H3,(H2,38,39,40,41,42)/t26-/m1/s1. The van der Waals surface area contributed by atoms with Gasteiger partial charge < -0.3 is 19.8 Å². The molecule has 4 aromatic rings. The second-order valence-corrected chi connectivity index (χ2v) is 12.9. The highest BCUT2D eigenvalue weighted by Gasteiger charge is 2.24. The number of aromatic amines is 1. The van der Waals surface area contributed by atoms with Crippen LogP contribution < -0.4 is 16.0 Å². The molecule has 0 bridgehead atoms. The van der Waals surface area contributed by atoms with Crippen molar-refractivity contribution >= 4 is 46.3 Å². The van der Waals surface area contributed by atoms with Gasteiger partial charge in [0, 0.05) is 29.1 Å². The highest BCUT2D eigenvalue weighted by atomic mass is 35.5. The third kappa shape index (κ3) is 10.1. The van der Waals surface area contributed by atoms with Crippen molar-refractivity contribution in [2.24, 2.45) is 4.99 Å². The third-order valence-electron chi connectivity index (χ3n) is 6.19. The van der Waals surface area contributed by atoms with E-state index in [9.17, 15) is 9.59 Å². The van der Waals surface area contributed by atoms with E-state index in [0.29, 0.717) is 18.0 Å². The fraction of sp³-hybridized carbons (Fsp3) is 0.324. The first-order valence-electron chi connectivity index (χ1n) is 14.5. The molecule has 1 aromatic heterocycles. The van der Waals surface area contributed by atoms with Gasteiger partial charge in [-0.05, 0) is 70.9 Å². The van der Waals surface area contributed by atoms with E-state index < -0.39 is 29.4 Å². The number of fused-ring (bicyclic) bond motifs is 1. The molecular formula is C34H40ClN5O4. The Morgan fingerprint density at radius 2 is 1.36 bits per heavy atom. The number of amides is 2. The lowest BCUT2D eigenvalue weighted by Crippen LogP contribution is -2.47. The maximum absolute atomic E-state index is 12.8. The van der Waals surface area contributed by atoms with Crippen molar-refractivity contribution in [1.29, 1.82) is 0 Å². The number of anilines is 1. The molecular weight excluding hydrogens is 578 g/mol. The Hall–Kier alpha value is -4.50. The summed E-state index contributed by atoms with van der Waals surface area (Å²) in [7, 11) is 0. The largest absolute Gasteiger partial charge is 0.444 e. The molecule has 232 valence electrons. The first-order chi connectivity index (χ1) is 20.7. The summed E-state index contributed by atoms with van der Waals surface area (Å²) in [6.45, 7) is 11.1. The number of alkyl carbamates (subject to hydrolysis) is 2. The Labute approximate surface area is 263 Å². The minimum absolute atomic E-state index is 0.103. The van der Waals surface area contributed by atoms with Crippen molar-refractivity contribution in [3.05, 3.63) is 101 Å². The highest BCUT2D eigenvalue weighted by molar-refractivity contribution is 6.31. The smallest absolute Gasteiger partial charge is 0.414 e. The second kappa shape index (κ2) is 13.9. The highest BCUT2D eigenvalue weighted by Crippen LogP contribution is 2.32. The zero-order chi connectivity index (χ0) is 31.9. The molecule has 9 nitrogen and oxygen atoms in total. The van der Waals surface area contributed by atoms with E-state index >= 15 is 0 Å². The fourth-order valence-electron chi connectivity index (χ4n) is 4.46. The SMILES string of the molecule is CC(C)(C)OC(=O)NC(=N[C@H](Cc1ccccc1)c1cc2cc(Cl)cc(NCc3ccccc3)c2[nH]1)NC(=O)OC(C)(C)C. The van der Waals surface area contributed by atoms with Gasteiger partial charge in [-0.2, -0.15) is 0 Å². The van der Waals surface area contributed by atoms with Crippen molar-refractivity contribution in [3.63, 3.8) is 0 Å². The molecule has 4 N–H and O–H groups in total. The molecule has 0 aliphatic rings. The monoisotopic (exact) mass is 617 g/mol. The van der Waals surface area contributed by atoms with Crippen LogP contribution in [0.1, 0.15) is 64.4 Å². The lowest BCUT2D eigenvalue weighted by molar-refractivity contribution is 0.0544. The molecule has 0 spiro atoms. The Morgan fingerprint density at radius 3 is 1.91 bits per heavy atom. The van der Waals surface area contributed by atoms with E-state index in [0.717, 1.165) is 33.4 Å². The number of hydrogen-bond donors (Lipinski definition) is 4. The van der Waals surface area contributed by atoms with E-state index in [-0.39, 0.29) is 5.96 Å². The van der Waals surface area contributed by atoms with Crippen LogP contribution in [0.3, 0.4) is 0 Å². The Balaban J connectivity index is 1.74. The summed E-state index contributed by atoms with van der Waals surface area (Å²) >= 11 is 6.52. The van der Waals surface area contributed by atoms with E-state index in [1.807, 2.05) is 66.7 Å². The first-order valence-corrected chi connectivity index (χ1v) is 14.8. The Kier molecular flexibility index (Phi) is 10.2. The normalized spacial score (nSPS) is 12.2. The van der Waals surface area contributed by atoms with Crippen molar-refractivity contribution in [2.75, 3.05) is 5.32 Å². The molecule has 0 saturated heterocycles. The maximum atomic E-state index is 12.8. The molecule has 0 radical (unpaired) electrons. The quantitative estimate of drug-likeness (QED) is 0.123. The number of aliphatic imine (C=N–C) groups is 1. The number of halogens is 1. The number of ether oxygens (including phenoxy) is 2. The number of H-pyrrole nitrogens is 1. The topological polar surface area (TPSA) is 117 Å². The molecule has 2 amide bonds. The summed E-state index contributed by atoms with van der Waals surface area (Å²) in [5.41, 5.74) is 3.07. The van der Waals surface area contributed by atoms with E-state index in [2.05, 4.69) is 33.1 Å². The average molecular weight is 618 g/mol. The number of carbonyl (C=O) groups is 2. The predicted molar refractivity (Wildman–Crippen MR) is 176 cm³/mol. The van der Waals surface area contributed by atoms with Crippen LogP contribution in [0.5, 0.6) is 0 Å². The van der Waals surface area contributed by atoms with Gasteiger partial charge >= 0.3 is 12.2 Å². The van der Waals surface area contributed by atoms with Crippen molar-refractivity contribution < 1.29 is 19.1 Å². The van der Waals surface area contributed by atoms with Crippen LogP contribution in [0.25, 0.3) is 10.9 Å². The molecule has 0 aliphatic carbocycles. The van der Waals surface area contributed by atoms with E-state index in [4.69, 9.17) is 26.1 Å². The van der Waals surface area contributed by atoms with Gasteiger partial charge in [-0.15, -0.1) is 0 Å². The molecule has 0 aliphatic heterocycles. The molecule has 0 saturated carbocycles. The first kappa shape index (κ1) is 32.4. The van der Waals surface area contributed by atoms with Crippen LogP contribution in [-0.4, -0.2) is 34.3 Å². The number of rotatable bonds is 7. The van der Waals surface area contributed by atoms with Gasteiger partial charge in [-0.1, -0.05) is 72.3 Å². The molecule has 44 heavy (non-hydrogen) atoms. The van der Waals surface area contributed by atoms with Crippen LogP contribution in [-0.2, 0) is 22.4 Å². The molecule has 0 unspecified atom stereocenters. The number of carbonyl (C=O) groups excluding carboxylic acids is 2. The summed E-state index contributed by atoms with van der Waals surface area (Å²) < 4.78 is 10.9. The van der Waals surface area contributed by atoms with Crippen LogP contribution in [0, 0.1) is 0 Å². The molecule has 1 atom stereocenters. The number of aromatic nitrogens is 1. The van der Waals surface area contributed by atoms with Gasteiger partial charge in [0.15, 0.2) is 0 Å². The minimum atomic E-state index is -0.762. The number of nitrogens with one attached hydrogen (secondary N) is 4. The Morgan fingerprint density at radius 1 is 0.818 bits per heavy atom. The summed E-state index contributed by atoms with van der Waals surface area (Å²) in [4.78, 5) is 33.9.